The summed E-state index contributed by atoms with van der Waals surface area (Å²) < 4.78 is 71.6. The zero-order valence-electron chi connectivity index (χ0n) is 24.0. The lowest BCUT2D eigenvalue weighted by Gasteiger charge is -2.39. The number of nitrogens with one attached hydrogen (secondary N) is 3. The summed E-state index contributed by atoms with van der Waals surface area (Å²) in [4.78, 5) is 52.6. The number of carbonyl (C=O) groups excluding carboxylic acids is 4. The summed E-state index contributed by atoms with van der Waals surface area (Å²) in [5.41, 5.74) is -0.865. The normalized spacial score (nSPS) is 31.1. The smallest absolute Gasteiger partial charge is 0.372 e. The number of hydrogen-bond donors (Lipinski definition) is 3. The van der Waals surface area contributed by atoms with Crippen LogP contribution >= 0.6 is 0 Å². The number of halogens is 5. The van der Waals surface area contributed by atoms with Gasteiger partial charge in [0.05, 0.1) is 18.3 Å². The Morgan fingerprint density at radius 1 is 1.14 bits per heavy atom. The van der Waals surface area contributed by atoms with Gasteiger partial charge in [0.1, 0.15) is 18.1 Å². The van der Waals surface area contributed by atoms with Crippen molar-refractivity contribution in [2.75, 3.05) is 6.54 Å². The third kappa shape index (κ3) is 6.33. The molecule has 3 unspecified atom stereocenters. The van der Waals surface area contributed by atoms with E-state index in [2.05, 4.69) is 10.6 Å². The SMILES string of the molecule is C[C@@H](OC1CC(F)(F)C1)[C@H](NC(=O)C(F)(F)F)C(=O)N1CC2C(C1C(=O)N[C@H](C#N)C[C@@H]1CC(C)(C)NC1=O)C2(C)C. The van der Waals surface area contributed by atoms with Crippen molar-refractivity contribution in [1.82, 2.24) is 20.9 Å². The van der Waals surface area contributed by atoms with Crippen LogP contribution in [0.5, 0.6) is 0 Å². The lowest BCUT2D eigenvalue weighted by molar-refractivity contribution is -0.190. The molecular formula is C27H36F5N5O5. The molecule has 0 radical (unpaired) electrons. The molecule has 2 aliphatic carbocycles. The Morgan fingerprint density at radius 2 is 1.76 bits per heavy atom. The maximum Gasteiger partial charge on any atom is 0.471 e. The largest absolute Gasteiger partial charge is 0.471 e. The minimum Gasteiger partial charge on any atom is -0.372 e. The maximum atomic E-state index is 13.7. The lowest BCUT2D eigenvalue weighted by Crippen LogP contribution is -2.61. The van der Waals surface area contributed by atoms with Crippen LogP contribution in [0, 0.1) is 34.5 Å². The van der Waals surface area contributed by atoms with Crippen LogP contribution in [0.1, 0.15) is 60.3 Å². The molecule has 2 saturated carbocycles. The molecule has 0 aromatic carbocycles. The number of carbonyl (C=O) groups is 4. The van der Waals surface area contributed by atoms with E-state index in [1.807, 2.05) is 33.8 Å². The molecule has 42 heavy (non-hydrogen) atoms. The van der Waals surface area contributed by atoms with Gasteiger partial charge in [0.25, 0.3) is 5.92 Å². The molecule has 10 nitrogen and oxygen atoms in total. The summed E-state index contributed by atoms with van der Waals surface area (Å²) in [5.74, 6) is -8.49. The van der Waals surface area contributed by atoms with Gasteiger partial charge in [-0.15, -0.1) is 0 Å². The first-order chi connectivity index (χ1) is 19.2. The Hall–Kier alpha value is -3.02. The zero-order chi connectivity index (χ0) is 31.6. The fourth-order valence-electron chi connectivity index (χ4n) is 6.75. The predicted molar refractivity (Wildman–Crippen MR) is 135 cm³/mol. The Morgan fingerprint density at radius 3 is 2.26 bits per heavy atom. The Bertz CT molecular complexity index is 1180. The van der Waals surface area contributed by atoms with E-state index in [9.17, 15) is 46.4 Å². The quantitative estimate of drug-likeness (QED) is 0.344. The highest BCUT2D eigenvalue weighted by molar-refractivity contribution is 5.95. The second-order valence-corrected chi connectivity index (χ2v) is 13.3. The molecule has 0 aromatic rings. The van der Waals surface area contributed by atoms with Gasteiger partial charge in [-0.2, -0.15) is 18.4 Å². The number of hydrogen-bond acceptors (Lipinski definition) is 6. The van der Waals surface area contributed by atoms with Crippen LogP contribution in [0.4, 0.5) is 22.0 Å². The minimum absolute atomic E-state index is 0.00235. The van der Waals surface area contributed by atoms with E-state index in [0.29, 0.717) is 6.42 Å². The summed E-state index contributed by atoms with van der Waals surface area (Å²) in [6.45, 7) is 8.61. The summed E-state index contributed by atoms with van der Waals surface area (Å²) in [7, 11) is 0. The van der Waals surface area contributed by atoms with Crippen LogP contribution in [0.15, 0.2) is 0 Å². The van der Waals surface area contributed by atoms with Gasteiger partial charge in [-0.05, 0) is 50.9 Å². The molecule has 2 aliphatic heterocycles. The van der Waals surface area contributed by atoms with Crippen molar-refractivity contribution in [2.24, 2.45) is 23.2 Å². The fraction of sp³-hybridized carbons (Fsp3) is 0.815. The predicted octanol–water partition coefficient (Wildman–Crippen LogP) is 2.03. The average Bonchev–Trinajstić information content (AvgIpc) is 3.11. The number of fused-ring (bicyclic) bond motifs is 1. The van der Waals surface area contributed by atoms with Crippen molar-refractivity contribution in [3.8, 4) is 6.07 Å². The maximum absolute atomic E-state index is 13.7. The van der Waals surface area contributed by atoms with Crippen LogP contribution in [0.2, 0.25) is 0 Å². The van der Waals surface area contributed by atoms with Crippen molar-refractivity contribution >= 4 is 23.6 Å². The molecule has 0 aromatic heterocycles. The summed E-state index contributed by atoms with van der Waals surface area (Å²) in [5, 5.41) is 16.8. The topological polar surface area (TPSA) is 141 Å². The van der Waals surface area contributed by atoms with Gasteiger partial charge in [-0.25, -0.2) is 8.78 Å². The number of ether oxygens (including phenoxy) is 1. The van der Waals surface area contributed by atoms with E-state index in [0.717, 1.165) is 4.90 Å². The number of alkyl halides is 5. The molecule has 234 valence electrons. The highest BCUT2D eigenvalue weighted by atomic mass is 19.4. The second kappa shape index (κ2) is 10.6. The monoisotopic (exact) mass is 605 g/mol. The first-order valence-electron chi connectivity index (χ1n) is 13.9. The molecule has 4 fully saturated rings. The first-order valence-corrected chi connectivity index (χ1v) is 13.9. The van der Waals surface area contributed by atoms with Crippen LogP contribution in [-0.4, -0.2) is 83.0 Å². The molecule has 0 bridgehead atoms. The molecule has 0 spiro atoms. The highest BCUT2D eigenvalue weighted by Gasteiger charge is 2.70. The molecule has 4 aliphatic rings. The summed E-state index contributed by atoms with van der Waals surface area (Å²) in [6.07, 6.45) is -8.67. The molecule has 3 N–H and O–H groups in total. The van der Waals surface area contributed by atoms with E-state index in [4.69, 9.17) is 4.74 Å². The van der Waals surface area contributed by atoms with Gasteiger partial charge < -0.3 is 25.6 Å². The van der Waals surface area contributed by atoms with Gasteiger partial charge in [-0.1, -0.05) is 13.8 Å². The van der Waals surface area contributed by atoms with Gasteiger partial charge in [0.2, 0.25) is 17.7 Å². The molecular weight excluding hydrogens is 569 g/mol. The molecule has 15 heteroatoms. The van der Waals surface area contributed by atoms with Crippen molar-refractivity contribution in [2.45, 2.75) is 108 Å². The Kier molecular flexibility index (Phi) is 8.06. The van der Waals surface area contributed by atoms with Crippen LogP contribution in [0.3, 0.4) is 0 Å². The van der Waals surface area contributed by atoms with E-state index >= 15 is 0 Å². The number of likely N-dealkylation sites (tertiary alicyclic amines) is 1. The van der Waals surface area contributed by atoms with Crippen molar-refractivity contribution in [1.29, 1.82) is 5.26 Å². The lowest BCUT2D eigenvalue weighted by atomic mass is 9.90. The van der Waals surface area contributed by atoms with Gasteiger partial charge >= 0.3 is 12.1 Å². The fourth-order valence-corrected chi connectivity index (χ4v) is 6.75. The van der Waals surface area contributed by atoms with E-state index in [1.165, 1.54) is 6.92 Å². The molecule has 7 atom stereocenters. The van der Waals surface area contributed by atoms with Crippen LogP contribution in [-0.2, 0) is 23.9 Å². The van der Waals surface area contributed by atoms with Crippen molar-refractivity contribution in [3.05, 3.63) is 0 Å². The standard InChI is InChI=1S/C27H36F5N5O5/c1-12(42-15-8-26(28,29)9-15)18(35-23(41)27(30,31)32)22(40)37-11-16-17(25(16,4)5)19(37)21(39)34-14(10-33)6-13-7-24(2,3)36-20(13)38/h12-19H,6-9,11H2,1-5H3,(H,34,39)(H,35,41)(H,36,38)/t12-,13-,14+,16?,17?,18+,19?/m1/s1. The van der Waals surface area contributed by atoms with Gasteiger partial charge in [0, 0.05) is 30.8 Å². The third-order valence-corrected chi connectivity index (χ3v) is 9.08. The van der Waals surface area contributed by atoms with E-state index < -0.39 is 84.5 Å². The van der Waals surface area contributed by atoms with E-state index in [1.54, 1.807) is 5.32 Å². The molecule has 2 heterocycles. The summed E-state index contributed by atoms with van der Waals surface area (Å²) >= 11 is 0. The van der Waals surface area contributed by atoms with Gasteiger partial charge in [-0.3, -0.25) is 19.2 Å². The summed E-state index contributed by atoms with van der Waals surface area (Å²) in [6, 6.07) is -2.20. The second-order valence-electron chi connectivity index (χ2n) is 13.3. The van der Waals surface area contributed by atoms with Crippen LogP contribution < -0.4 is 16.0 Å². The molecule has 4 amide bonds. The molecule has 4 rings (SSSR count). The van der Waals surface area contributed by atoms with Gasteiger partial charge in [0.15, 0.2) is 0 Å². The van der Waals surface area contributed by atoms with E-state index in [-0.39, 0.29) is 36.1 Å². The minimum atomic E-state index is -5.34. The van der Waals surface area contributed by atoms with Crippen molar-refractivity contribution in [3.63, 3.8) is 0 Å². The number of piperidine rings is 1. The van der Waals surface area contributed by atoms with Crippen molar-refractivity contribution < 1.29 is 45.9 Å². The van der Waals surface area contributed by atoms with Crippen LogP contribution in [0.25, 0.3) is 0 Å². The highest BCUT2D eigenvalue weighted by Crippen LogP contribution is 2.65. The first kappa shape index (κ1) is 31.9. The number of nitriles is 1. The number of nitrogens with zero attached hydrogens (tertiary/aromatic N) is 2. The Balaban J connectivity index is 1.52. The zero-order valence-corrected chi connectivity index (χ0v) is 24.0. The molecule has 2 saturated heterocycles. The third-order valence-electron chi connectivity index (χ3n) is 9.08. The average molecular weight is 606 g/mol. The Labute approximate surface area is 240 Å². The number of amides is 4. The number of rotatable bonds is 9.